The molecular formula is C22H19F3. The molecule has 2 aromatic rings. The maximum atomic E-state index is 13.1. The van der Waals surface area contributed by atoms with E-state index in [9.17, 15) is 13.2 Å². The third-order valence-electron chi connectivity index (χ3n) is 4.53. The summed E-state index contributed by atoms with van der Waals surface area (Å²) in [5, 5.41) is 0. The average Bonchev–Trinajstić information content (AvgIpc) is 3.06. The standard InChI is InChI=1S/C22H19F3/c1-15(18-13-12-17-6-5-7-19(17)14-18)10-11-16(2)20-8-3-4-9-21(20)22(23,24)25/h3-5,7-9,12-14H,1-2,6,10-11H2. The van der Waals surface area contributed by atoms with Crippen molar-refractivity contribution in [3.05, 3.63) is 89.5 Å². The summed E-state index contributed by atoms with van der Waals surface area (Å²) in [6.07, 6.45) is 1.81. The summed E-state index contributed by atoms with van der Waals surface area (Å²) in [5.74, 6) is 0. The van der Waals surface area contributed by atoms with E-state index in [0.717, 1.165) is 23.6 Å². The molecule has 2 aromatic carbocycles. The Balaban J connectivity index is 1.71. The minimum Gasteiger partial charge on any atom is -0.166 e. The van der Waals surface area contributed by atoms with Crippen LogP contribution in [0, 0.1) is 0 Å². The zero-order chi connectivity index (χ0) is 18.0. The molecule has 0 radical (unpaired) electrons. The van der Waals surface area contributed by atoms with E-state index in [1.807, 2.05) is 6.07 Å². The molecule has 0 amide bonds. The zero-order valence-electron chi connectivity index (χ0n) is 13.9. The first-order valence-electron chi connectivity index (χ1n) is 8.18. The normalized spacial score (nSPS) is 12.9. The van der Waals surface area contributed by atoms with Crippen LogP contribution in [0.1, 0.15) is 40.7 Å². The summed E-state index contributed by atoms with van der Waals surface area (Å²) in [5.41, 5.74) is 4.44. The maximum absolute atomic E-state index is 13.1. The van der Waals surface area contributed by atoms with Gasteiger partial charge in [-0.15, -0.1) is 0 Å². The number of allylic oxidation sites excluding steroid dienone is 3. The fourth-order valence-corrected chi connectivity index (χ4v) is 3.09. The van der Waals surface area contributed by atoms with E-state index in [1.54, 1.807) is 6.07 Å². The van der Waals surface area contributed by atoms with E-state index in [4.69, 9.17) is 0 Å². The van der Waals surface area contributed by atoms with Crippen molar-refractivity contribution in [2.24, 2.45) is 0 Å². The molecule has 25 heavy (non-hydrogen) atoms. The van der Waals surface area contributed by atoms with Crippen molar-refractivity contribution < 1.29 is 13.2 Å². The fraction of sp³-hybridized carbons (Fsp3) is 0.182. The third-order valence-corrected chi connectivity index (χ3v) is 4.53. The molecule has 0 fully saturated rings. The molecule has 0 atom stereocenters. The van der Waals surface area contributed by atoms with Crippen LogP contribution in [-0.2, 0) is 12.6 Å². The highest BCUT2D eigenvalue weighted by Crippen LogP contribution is 2.36. The van der Waals surface area contributed by atoms with Crippen LogP contribution in [0.4, 0.5) is 13.2 Å². The van der Waals surface area contributed by atoms with Gasteiger partial charge >= 0.3 is 6.18 Å². The number of halogens is 3. The van der Waals surface area contributed by atoms with E-state index in [-0.39, 0.29) is 5.56 Å². The van der Waals surface area contributed by atoms with Gasteiger partial charge < -0.3 is 0 Å². The number of fused-ring (bicyclic) bond motifs is 1. The van der Waals surface area contributed by atoms with Gasteiger partial charge in [0.2, 0.25) is 0 Å². The first-order valence-corrected chi connectivity index (χ1v) is 8.18. The van der Waals surface area contributed by atoms with Crippen molar-refractivity contribution in [1.29, 1.82) is 0 Å². The second-order valence-electron chi connectivity index (χ2n) is 6.27. The molecule has 0 spiro atoms. The van der Waals surface area contributed by atoms with E-state index >= 15 is 0 Å². The number of hydrogen-bond acceptors (Lipinski definition) is 0. The largest absolute Gasteiger partial charge is 0.416 e. The Labute approximate surface area is 146 Å². The van der Waals surface area contributed by atoms with Gasteiger partial charge in [-0.05, 0) is 64.8 Å². The van der Waals surface area contributed by atoms with Crippen LogP contribution < -0.4 is 0 Å². The molecule has 0 N–H and O–H groups in total. The summed E-state index contributed by atoms with van der Waals surface area (Å²) in [4.78, 5) is 0. The van der Waals surface area contributed by atoms with Gasteiger partial charge in [-0.1, -0.05) is 55.6 Å². The second-order valence-corrected chi connectivity index (χ2v) is 6.27. The lowest BCUT2D eigenvalue weighted by Crippen LogP contribution is -2.08. The number of benzene rings is 2. The molecule has 0 heterocycles. The van der Waals surface area contributed by atoms with E-state index in [2.05, 4.69) is 37.4 Å². The Hall–Kier alpha value is -2.55. The first kappa shape index (κ1) is 17.3. The average molecular weight is 340 g/mol. The van der Waals surface area contributed by atoms with E-state index in [1.165, 1.54) is 23.3 Å². The van der Waals surface area contributed by atoms with Gasteiger partial charge in [0.05, 0.1) is 5.56 Å². The lowest BCUT2D eigenvalue weighted by molar-refractivity contribution is -0.137. The molecule has 0 nitrogen and oxygen atoms in total. The lowest BCUT2D eigenvalue weighted by Gasteiger charge is -2.15. The quantitative estimate of drug-likeness (QED) is 0.562. The molecular weight excluding hydrogens is 321 g/mol. The van der Waals surface area contributed by atoms with Crippen LogP contribution in [-0.4, -0.2) is 0 Å². The smallest absolute Gasteiger partial charge is 0.166 e. The molecule has 1 aliphatic rings. The minimum absolute atomic E-state index is 0.166. The van der Waals surface area contributed by atoms with Gasteiger partial charge in [-0.3, -0.25) is 0 Å². The first-order chi connectivity index (χ1) is 11.9. The molecule has 0 aliphatic heterocycles. The molecule has 0 aromatic heterocycles. The molecule has 1 aliphatic carbocycles. The summed E-state index contributed by atoms with van der Waals surface area (Å²) in [7, 11) is 0. The van der Waals surface area contributed by atoms with E-state index in [0.29, 0.717) is 18.4 Å². The van der Waals surface area contributed by atoms with Gasteiger partial charge in [0.15, 0.2) is 0 Å². The van der Waals surface area contributed by atoms with Crippen LogP contribution in [0.25, 0.3) is 17.2 Å². The maximum Gasteiger partial charge on any atom is 0.416 e. The molecule has 3 rings (SSSR count). The Morgan fingerprint density at radius 1 is 0.960 bits per heavy atom. The number of alkyl halides is 3. The number of hydrogen-bond donors (Lipinski definition) is 0. The fourth-order valence-electron chi connectivity index (χ4n) is 3.09. The zero-order valence-corrected chi connectivity index (χ0v) is 13.9. The molecule has 3 heteroatoms. The Morgan fingerprint density at radius 2 is 1.68 bits per heavy atom. The highest BCUT2D eigenvalue weighted by Gasteiger charge is 2.33. The van der Waals surface area contributed by atoms with Crippen molar-refractivity contribution in [2.75, 3.05) is 0 Å². The lowest BCUT2D eigenvalue weighted by atomic mass is 9.93. The van der Waals surface area contributed by atoms with Gasteiger partial charge in [0.1, 0.15) is 0 Å². The summed E-state index contributed by atoms with van der Waals surface area (Å²) in [6, 6.07) is 11.8. The van der Waals surface area contributed by atoms with Crippen LogP contribution in [0.3, 0.4) is 0 Å². The van der Waals surface area contributed by atoms with Gasteiger partial charge in [-0.2, -0.15) is 13.2 Å². The van der Waals surface area contributed by atoms with E-state index < -0.39 is 11.7 Å². The predicted molar refractivity (Wildman–Crippen MR) is 97.9 cm³/mol. The SMILES string of the molecule is C=C(CCC(=C)c1ccccc1C(F)(F)F)c1ccc2c(c1)C=CC2. The predicted octanol–water partition coefficient (Wildman–Crippen LogP) is 6.78. The Morgan fingerprint density at radius 3 is 2.44 bits per heavy atom. The summed E-state index contributed by atoms with van der Waals surface area (Å²) in [6.45, 7) is 7.97. The van der Waals surface area contributed by atoms with Crippen LogP contribution in [0.5, 0.6) is 0 Å². The van der Waals surface area contributed by atoms with Crippen LogP contribution in [0.15, 0.2) is 61.7 Å². The Bertz CT molecular complexity index is 854. The Kier molecular flexibility index (Phi) is 4.67. The van der Waals surface area contributed by atoms with Crippen molar-refractivity contribution in [3.63, 3.8) is 0 Å². The van der Waals surface area contributed by atoms with Crippen molar-refractivity contribution in [2.45, 2.75) is 25.4 Å². The van der Waals surface area contributed by atoms with Crippen molar-refractivity contribution in [3.8, 4) is 0 Å². The summed E-state index contributed by atoms with van der Waals surface area (Å²) >= 11 is 0. The number of rotatable bonds is 5. The second kappa shape index (κ2) is 6.75. The molecule has 0 saturated heterocycles. The van der Waals surface area contributed by atoms with Crippen LogP contribution in [0.2, 0.25) is 0 Å². The molecule has 128 valence electrons. The molecule has 0 bridgehead atoms. The minimum atomic E-state index is -4.37. The highest BCUT2D eigenvalue weighted by atomic mass is 19.4. The van der Waals surface area contributed by atoms with Crippen LogP contribution >= 0.6 is 0 Å². The van der Waals surface area contributed by atoms with Gasteiger partial charge in [-0.25, -0.2) is 0 Å². The monoisotopic (exact) mass is 340 g/mol. The molecule has 0 saturated carbocycles. The van der Waals surface area contributed by atoms with Crippen molar-refractivity contribution in [1.82, 2.24) is 0 Å². The summed E-state index contributed by atoms with van der Waals surface area (Å²) < 4.78 is 39.4. The highest BCUT2D eigenvalue weighted by molar-refractivity contribution is 5.73. The topological polar surface area (TPSA) is 0 Å². The third kappa shape index (κ3) is 3.76. The van der Waals surface area contributed by atoms with Gasteiger partial charge in [0.25, 0.3) is 0 Å². The van der Waals surface area contributed by atoms with Gasteiger partial charge in [0, 0.05) is 0 Å². The van der Waals surface area contributed by atoms with Crippen molar-refractivity contribution >= 4 is 17.2 Å². The molecule has 0 unspecified atom stereocenters.